The standard InChI is InChI=1S/C58H99NO10/c1-5-9-13-17-25-36-52(37-26-18-14-10-6-2)68-57(63)42-31-23-21-29-40-54(60)65-48-51(50-67-56(62)44-35-47-59-45-33-34-46-59)49-66-55(61)41-30-22-24-32-43-58(64)69-53(38-27-19-15-11-7-3)39-28-20-16-12-8-4/h5-8,51-53H,1-4,9-50H2. The molecule has 0 aromatic heterocycles. The monoisotopic (exact) mass is 970 g/mol. The topological polar surface area (TPSA) is 135 Å². The number of hydrogen-bond acceptors (Lipinski definition) is 11. The zero-order valence-corrected chi connectivity index (χ0v) is 43.6. The maximum Gasteiger partial charge on any atom is 0.306 e. The molecule has 0 bridgehead atoms. The molecule has 0 atom stereocenters. The van der Waals surface area contributed by atoms with Crippen molar-refractivity contribution in [2.45, 2.75) is 243 Å². The van der Waals surface area contributed by atoms with E-state index in [1.165, 1.54) is 12.8 Å². The Hall–Kier alpha value is -3.73. The third-order valence-electron chi connectivity index (χ3n) is 12.9. The molecule has 396 valence electrons. The molecule has 0 aliphatic carbocycles. The van der Waals surface area contributed by atoms with Gasteiger partial charge in [0.05, 0.1) is 5.92 Å². The molecule has 69 heavy (non-hydrogen) atoms. The molecular weight excluding hydrogens is 871 g/mol. The van der Waals surface area contributed by atoms with E-state index in [1.807, 2.05) is 24.3 Å². The molecule has 11 heteroatoms. The quantitative estimate of drug-likeness (QED) is 0.0249. The molecule has 0 spiro atoms. The molecular formula is C58H99NO10. The second kappa shape index (κ2) is 46.6. The van der Waals surface area contributed by atoms with E-state index >= 15 is 0 Å². The average Bonchev–Trinajstić information content (AvgIpc) is 3.86. The first-order valence-electron chi connectivity index (χ1n) is 27.7. The van der Waals surface area contributed by atoms with Crippen LogP contribution in [0.15, 0.2) is 50.6 Å². The first-order chi connectivity index (χ1) is 33.7. The van der Waals surface area contributed by atoms with Crippen LogP contribution >= 0.6 is 0 Å². The second-order valence-corrected chi connectivity index (χ2v) is 19.3. The number of allylic oxidation sites excluding steroid dienone is 4. The van der Waals surface area contributed by atoms with Gasteiger partial charge in [0.15, 0.2) is 0 Å². The van der Waals surface area contributed by atoms with Gasteiger partial charge >= 0.3 is 29.8 Å². The van der Waals surface area contributed by atoms with Crippen molar-refractivity contribution in [3.05, 3.63) is 50.6 Å². The lowest BCUT2D eigenvalue weighted by Gasteiger charge is -2.18. The number of nitrogens with zero attached hydrogens (tertiary/aromatic N) is 1. The summed E-state index contributed by atoms with van der Waals surface area (Å²) in [7, 11) is 0. The maximum atomic E-state index is 12.8. The van der Waals surface area contributed by atoms with E-state index in [0.29, 0.717) is 44.9 Å². The predicted octanol–water partition coefficient (Wildman–Crippen LogP) is 14.2. The van der Waals surface area contributed by atoms with Crippen LogP contribution in [-0.4, -0.2) is 86.4 Å². The fraction of sp³-hybridized carbons (Fsp3) is 0.776. The lowest BCUT2D eigenvalue weighted by Crippen LogP contribution is -2.27. The lowest BCUT2D eigenvalue weighted by atomic mass is 10.0. The van der Waals surface area contributed by atoms with Gasteiger partial charge in [0.1, 0.15) is 32.0 Å². The fourth-order valence-electron chi connectivity index (χ4n) is 8.59. The zero-order valence-electron chi connectivity index (χ0n) is 43.6. The summed E-state index contributed by atoms with van der Waals surface area (Å²) in [6, 6.07) is 0. The van der Waals surface area contributed by atoms with Gasteiger partial charge in [-0.3, -0.25) is 24.0 Å². The van der Waals surface area contributed by atoms with Gasteiger partial charge < -0.3 is 28.6 Å². The predicted molar refractivity (Wildman–Crippen MR) is 280 cm³/mol. The van der Waals surface area contributed by atoms with Crippen molar-refractivity contribution >= 4 is 29.8 Å². The average molecular weight is 970 g/mol. The number of carbonyl (C=O) groups is 5. The number of unbranched alkanes of at least 4 members (excludes halogenated alkanes) is 18. The minimum Gasteiger partial charge on any atom is -0.465 e. The first kappa shape index (κ1) is 63.3. The Morgan fingerprint density at radius 3 is 0.986 bits per heavy atom. The highest BCUT2D eigenvalue weighted by Gasteiger charge is 2.20. The SMILES string of the molecule is C=CCCCCCC(CCCCCC=C)OC(=O)CCCCCCC(=O)OCC(COC(=O)CCCCCCC(=O)OC(CCCCCC=C)CCCCCC=C)COC(=O)CCCN1CCCC1. The van der Waals surface area contributed by atoms with Gasteiger partial charge in [-0.15, -0.1) is 26.3 Å². The van der Waals surface area contributed by atoms with E-state index in [-0.39, 0.29) is 74.7 Å². The molecule has 1 rings (SSSR count). The third kappa shape index (κ3) is 40.7. The molecule has 1 saturated heterocycles. The van der Waals surface area contributed by atoms with Crippen molar-refractivity contribution in [1.82, 2.24) is 4.90 Å². The second-order valence-electron chi connectivity index (χ2n) is 19.3. The van der Waals surface area contributed by atoms with E-state index < -0.39 is 5.92 Å². The molecule has 1 heterocycles. The molecule has 0 radical (unpaired) electrons. The van der Waals surface area contributed by atoms with Crippen molar-refractivity contribution < 1.29 is 47.7 Å². The Labute approximate surface area is 420 Å². The maximum absolute atomic E-state index is 12.8. The largest absolute Gasteiger partial charge is 0.465 e. The summed E-state index contributed by atoms with van der Waals surface area (Å²) in [5.41, 5.74) is 0. The van der Waals surface area contributed by atoms with Crippen molar-refractivity contribution in [2.24, 2.45) is 5.92 Å². The molecule has 0 aromatic rings. The smallest absolute Gasteiger partial charge is 0.306 e. The Balaban J connectivity index is 2.46. The molecule has 0 aromatic carbocycles. The molecule has 1 aliphatic heterocycles. The third-order valence-corrected chi connectivity index (χ3v) is 12.9. The molecule has 1 fully saturated rings. The van der Waals surface area contributed by atoms with Crippen LogP contribution in [0.5, 0.6) is 0 Å². The minimum absolute atomic E-state index is 0.00767. The highest BCUT2D eigenvalue weighted by molar-refractivity contribution is 5.71. The Bertz CT molecular complexity index is 1240. The molecule has 0 unspecified atom stereocenters. The van der Waals surface area contributed by atoms with E-state index in [4.69, 9.17) is 23.7 Å². The zero-order chi connectivity index (χ0) is 50.3. The first-order valence-corrected chi connectivity index (χ1v) is 27.7. The van der Waals surface area contributed by atoms with Crippen molar-refractivity contribution in [1.29, 1.82) is 0 Å². The summed E-state index contributed by atoms with van der Waals surface area (Å²) >= 11 is 0. The molecule has 11 nitrogen and oxygen atoms in total. The molecule has 1 aliphatic rings. The van der Waals surface area contributed by atoms with E-state index in [9.17, 15) is 24.0 Å². The van der Waals surface area contributed by atoms with Gasteiger partial charge in [-0.2, -0.15) is 0 Å². The summed E-state index contributed by atoms with van der Waals surface area (Å²) in [5, 5.41) is 0. The van der Waals surface area contributed by atoms with Crippen LogP contribution in [0, 0.1) is 5.92 Å². The Morgan fingerprint density at radius 1 is 0.377 bits per heavy atom. The van der Waals surface area contributed by atoms with Crippen LogP contribution in [-0.2, 0) is 47.7 Å². The summed E-state index contributed by atoms with van der Waals surface area (Å²) in [6.45, 7) is 18.2. The van der Waals surface area contributed by atoms with Gasteiger partial charge in [-0.1, -0.05) is 75.7 Å². The number of hydrogen-bond donors (Lipinski definition) is 0. The Kier molecular flexibility index (Phi) is 42.8. The van der Waals surface area contributed by atoms with Gasteiger partial charge in [-0.05, 0) is 167 Å². The highest BCUT2D eigenvalue weighted by Crippen LogP contribution is 2.20. The number of carbonyl (C=O) groups excluding carboxylic acids is 5. The van der Waals surface area contributed by atoms with Crippen LogP contribution in [0.2, 0.25) is 0 Å². The van der Waals surface area contributed by atoms with E-state index in [2.05, 4.69) is 31.2 Å². The van der Waals surface area contributed by atoms with Gasteiger partial charge in [0, 0.05) is 32.1 Å². The van der Waals surface area contributed by atoms with Crippen LogP contribution in [0.4, 0.5) is 0 Å². The number of likely N-dealkylation sites (tertiary alicyclic amines) is 1. The van der Waals surface area contributed by atoms with Crippen molar-refractivity contribution in [2.75, 3.05) is 39.5 Å². The number of rotatable bonds is 50. The van der Waals surface area contributed by atoms with Gasteiger partial charge in [0.2, 0.25) is 0 Å². The Morgan fingerprint density at radius 2 is 0.667 bits per heavy atom. The van der Waals surface area contributed by atoms with Gasteiger partial charge in [-0.25, -0.2) is 0 Å². The fourth-order valence-corrected chi connectivity index (χ4v) is 8.59. The summed E-state index contributed by atoms with van der Waals surface area (Å²) < 4.78 is 28.6. The van der Waals surface area contributed by atoms with E-state index in [1.54, 1.807) is 0 Å². The van der Waals surface area contributed by atoms with Crippen LogP contribution in [0.3, 0.4) is 0 Å². The van der Waals surface area contributed by atoms with Crippen molar-refractivity contribution in [3.63, 3.8) is 0 Å². The summed E-state index contributed by atoms with van der Waals surface area (Å²) in [5.74, 6) is -1.79. The highest BCUT2D eigenvalue weighted by atomic mass is 16.6. The van der Waals surface area contributed by atoms with Crippen LogP contribution in [0.1, 0.15) is 231 Å². The van der Waals surface area contributed by atoms with E-state index in [0.717, 1.165) is 180 Å². The van der Waals surface area contributed by atoms with Crippen LogP contribution in [0.25, 0.3) is 0 Å². The van der Waals surface area contributed by atoms with Crippen LogP contribution < -0.4 is 0 Å². The van der Waals surface area contributed by atoms with Crippen molar-refractivity contribution in [3.8, 4) is 0 Å². The van der Waals surface area contributed by atoms with Gasteiger partial charge in [0.25, 0.3) is 0 Å². The summed E-state index contributed by atoms with van der Waals surface area (Å²) in [6.07, 6.45) is 39.0. The lowest BCUT2D eigenvalue weighted by molar-refractivity contribution is -0.154. The number of esters is 5. The molecule has 0 N–H and O–H groups in total. The number of ether oxygens (including phenoxy) is 5. The normalized spacial score (nSPS) is 12.6. The minimum atomic E-state index is -0.483. The molecule has 0 saturated carbocycles. The summed E-state index contributed by atoms with van der Waals surface area (Å²) in [4.78, 5) is 65.9. The molecule has 0 amide bonds.